The molecule has 3 saturated heterocycles. The zero-order valence-corrected chi connectivity index (χ0v) is 26.2. The predicted octanol–water partition coefficient (Wildman–Crippen LogP) is 5.03. The molecule has 3 atom stereocenters. The van der Waals surface area contributed by atoms with Crippen LogP contribution in [0.25, 0.3) is 5.69 Å². The number of imide groups is 1. The smallest absolute Gasteiger partial charge is 0.324 e. The fraction of sp³-hybridized carbons (Fsp3) is 0.441. The van der Waals surface area contributed by atoms with Crippen molar-refractivity contribution >= 4 is 35.4 Å². The van der Waals surface area contributed by atoms with Crippen LogP contribution in [0.4, 0.5) is 21.1 Å². The Labute approximate surface area is 263 Å². The number of benzene rings is 2. The van der Waals surface area contributed by atoms with Crippen LogP contribution in [0.3, 0.4) is 0 Å². The summed E-state index contributed by atoms with van der Waals surface area (Å²) in [5, 5.41) is 15.5. The number of hydrogen-bond donors (Lipinski definition) is 4. The minimum absolute atomic E-state index is 0.0172. The molecule has 6 amide bonds. The molecular weight excluding hydrogens is 570 g/mol. The highest BCUT2D eigenvalue weighted by Gasteiger charge is 2.46. The van der Waals surface area contributed by atoms with Crippen LogP contribution in [0.1, 0.15) is 69.7 Å². The predicted molar refractivity (Wildman–Crippen MR) is 171 cm³/mol. The molecular formula is C34H41N7O4. The molecule has 2 aromatic carbocycles. The summed E-state index contributed by atoms with van der Waals surface area (Å²) in [6.45, 7) is 8.30. The van der Waals surface area contributed by atoms with E-state index in [0.717, 1.165) is 49.0 Å². The maximum Gasteiger partial charge on any atom is 0.324 e. The fourth-order valence-electron chi connectivity index (χ4n) is 6.81. The van der Waals surface area contributed by atoms with Crippen molar-refractivity contribution < 1.29 is 19.2 Å². The molecule has 0 spiro atoms. The number of amides is 6. The second-order valence-electron chi connectivity index (χ2n) is 13.6. The Kier molecular flexibility index (Phi) is 8.11. The average molecular weight is 612 g/mol. The van der Waals surface area contributed by atoms with E-state index >= 15 is 0 Å². The second-order valence-corrected chi connectivity index (χ2v) is 13.6. The van der Waals surface area contributed by atoms with Gasteiger partial charge in [-0.1, -0.05) is 50.6 Å². The normalized spacial score (nSPS) is 22.9. The lowest BCUT2D eigenvalue weighted by Crippen LogP contribution is -2.60. The summed E-state index contributed by atoms with van der Waals surface area (Å²) in [5.41, 5.74) is 4.57. The minimum Gasteiger partial charge on any atom is -0.335 e. The number of rotatable bonds is 6. The molecule has 45 heavy (non-hydrogen) atoms. The Balaban J connectivity index is 1.06. The van der Waals surface area contributed by atoms with Crippen molar-refractivity contribution in [3.8, 4) is 5.69 Å². The van der Waals surface area contributed by atoms with Crippen LogP contribution in [0.15, 0.2) is 54.6 Å². The molecule has 3 fully saturated rings. The molecule has 0 radical (unpaired) electrons. The Hall–Kier alpha value is -4.67. The quantitative estimate of drug-likeness (QED) is 0.310. The topological polar surface area (TPSA) is 137 Å². The molecule has 4 N–H and O–H groups in total. The van der Waals surface area contributed by atoms with Gasteiger partial charge in [-0.15, -0.1) is 0 Å². The number of urea groups is 2. The third-order valence-electron chi connectivity index (χ3n) is 9.07. The second kappa shape index (κ2) is 12.0. The van der Waals surface area contributed by atoms with Gasteiger partial charge in [0.05, 0.1) is 17.8 Å². The van der Waals surface area contributed by atoms with Crippen LogP contribution in [-0.2, 0) is 21.4 Å². The van der Waals surface area contributed by atoms with Gasteiger partial charge < -0.3 is 15.5 Å². The van der Waals surface area contributed by atoms with Gasteiger partial charge in [-0.25, -0.2) is 14.3 Å². The number of carbonyl (C=O) groups is 4. The first kappa shape index (κ1) is 30.4. The molecule has 3 aliphatic rings. The molecule has 6 rings (SSSR count). The van der Waals surface area contributed by atoms with E-state index < -0.39 is 18.0 Å². The SMILES string of the molecule is Cc1ccc(-n2nc(C(C)(C)C)cc2NC(=O)Nc2ccc(CC3CC4CCC(C3)N4C(=O)C3CC(=O)NC(=O)N3)cc2)cc1. The minimum atomic E-state index is -0.785. The monoisotopic (exact) mass is 611 g/mol. The zero-order valence-electron chi connectivity index (χ0n) is 26.2. The molecule has 3 aromatic rings. The summed E-state index contributed by atoms with van der Waals surface area (Å²) in [4.78, 5) is 51.8. The van der Waals surface area contributed by atoms with Gasteiger partial charge >= 0.3 is 12.1 Å². The van der Waals surface area contributed by atoms with Gasteiger partial charge in [0.25, 0.3) is 0 Å². The number of anilines is 2. The van der Waals surface area contributed by atoms with Gasteiger partial charge in [-0.3, -0.25) is 20.2 Å². The van der Waals surface area contributed by atoms with Crippen molar-refractivity contribution in [3.63, 3.8) is 0 Å². The fourth-order valence-corrected chi connectivity index (χ4v) is 6.81. The molecule has 11 heteroatoms. The van der Waals surface area contributed by atoms with E-state index in [1.807, 2.05) is 66.4 Å². The molecule has 236 valence electrons. The molecule has 3 aliphatic heterocycles. The third-order valence-corrected chi connectivity index (χ3v) is 9.07. The van der Waals surface area contributed by atoms with Crippen molar-refractivity contribution in [2.45, 2.75) is 89.8 Å². The van der Waals surface area contributed by atoms with Gasteiger partial charge in [-0.05, 0) is 74.8 Å². The van der Waals surface area contributed by atoms with Crippen molar-refractivity contribution in [1.29, 1.82) is 0 Å². The number of carbonyl (C=O) groups excluding carboxylic acids is 4. The Morgan fingerprint density at radius 1 is 0.956 bits per heavy atom. The number of nitrogens with one attached hydrogen (secondary N) is 4. The van der Waals surface area contributed by atoms with Gasteiger partial charge in [-0.2, -0.15) is 5.10 Å². The van der Waals surface area contributed by atoms with E-state index in [4.69, 9.17) is 5.10 Å². The lowest BCUT2D eigenvalue weighted by Gasteiger charge is -2.41. The molecule has 11 nitrogen and oxygen atoms in total. The Bertz CT molecular complexity index is 1580. The van der Waals surface area contributed by atoms with Gasteiger partial charge in [0.1, 0.15) is 11.9 Å². The first-order valence-electron chi connectivity index (χ1n) is 15.7. The summed E-state index contributed by atoms with van der Waals surface area (Å²) in [6.07, 6.45) is 4.53. The van der Waals surface area contributed by atoms with E-state index in [2.05, 4.69) is 42.0 Å². The Morgan fingerprint density at radius 2 is 1.62 bits per heavy atom. The first-order chi connectivity index (χ1) is 21.4. The van der Waals surface area contributed by atoms with E-state index in [0.29, 0.717) is 17.4 Å². The highest BCUT2D eigenvalue weighted by Crippen LogP contribution is 2.40. The first-order valence-corrected chi connectivity index (χ1v) is 15.7. The number of aromatic nitrogens is 2. The maximum atomic E-state index is 13.2. The van der Waals surface area contributed by atoms with Crippen molar-refractivity contribution in [2.75, 3.05) is 10.6 Å². The van der Waals surface area contributed by atoms with Crippen LogP contribution in [-0.4, -0.2) is 56.7 Å². The lowest BCUT2D eigenvalue weighted by atomic mass is 9.85. The largest absolute Gasteiger partial charge is 0.335 e. The lowest BCUT2D eigenvalue weighted by molar-refractivity contribution is -0.141. The highest BCUT2D eigenvalue weighted by atomic mass is 16.2. The summed E-state index contributed by atoms with van der Waals surface area (Å²) in [7, 11) is 0. The molecule has 0 saturated carbocycles. The van der Waals surface area contributed by atoms with E-state index in [9.17, 15) is 19.2 Å². The molecule has 2 bridgehead atoms. The standard InChI is InChI=1S/C34H41N7O4/c1-20-5-11-24(12-6-20)41-29(19-28(39-41)34(2,3)4)37-32(44)35-23-9-7-21(8-10-23)15-22-16-25-13-14-26(17-22)40(25)31(43)27-18-30(42)38-33(45)36-27/h5-12,19,22,25-27H,13-18H2,1-4H3,(H2,35,37,44)(H2,36,38,42,45). The number of fused-ring (bicyclic) bond motifs is 2. The van der Waals surface area contributed by atoms with Gasteiger partial charge in [0.15, 0.2) is 0 Å². The van der Waals surface area contributed by atoms with E-state index in [-0.39, 0.29) is 35.9 Å². The molecule has 4 heterocycles. The van der Waals surface area contributed by atoms with Crippen LogP contribution in [0, 0.1) is 12.8 Å². The van der Waals surface area contributed by atoms with Crippen LogP contribution >= 0.6 is 0 Å². The Morgan fingerprint density at radius 3 is 2.24 bits per heavy atom. The zero-order chi connectivity index (χ0) is 31.9. The van der Waals surface area contributed by atoms with E-state index in [1.54, 1.807) is 4.68 Å². The van der Waals surface area contributed by atoms with Crippen LogP contribution < -0.4 is 21.3 Å². The van der Waals surface area contributed by atoms with Crippen molar-refractivity contribution in [1.82, 2.24) is 25.3 Å². The number of aryl methyl sites for hydroxylation is 1. The molecule has 0 aliphatic carbocycles. The molecule has 1 aromatic heterocycles. The summed E-state index contributed by atoms with van der Waals surface area (Å²) in [6, 6.07) is 16.3. The van der Waals surface area contributed by atoms with Crippen molar-refractivity contribution in [2.24, 2.45) is 5.92 Å². The van der Waals surface area contributed by atoms with Crippen molar-refractivity contribution in [3.05, 3.63) is 71.4 Å². The highest BCUT2D eigenvalue weighted by molar-refractivity contribution is 6.02. The van der Waals surface area contributed by atoms with Crippen LogP contribution in [0.5, 0.6) is 0 Å². The third kappa shape index (κ3) is 6.72. The van der Waals surface area contributed by atoms with Crippen LogP contribution in [0.2, 0.25) is 0 Å². The van der Waals surface area contributed by atoms with Gasteiger partial charge in [0, 0.05) is 29.3 Å². The summed E-state index contributed by atoms with van der Waals surface area (Å²) in [5.74, 6) is 0.455. The number of piperidine rings is 1. The average Bonchev–Trinajstić information content (AvgIpc) is 3.52. The summed E-state index contributed by atoms with van der Waals surface area (Å²) >= 11 is 0. The van der Waals surface area contributed by atoms with Gasteiger partial charge in [0.2, 0.25) is 11.8 Å². The van der Waals surface area contributed by atoms with E-state index in [1.165, 1.54) is 5.56 Å². The summed E-state index contributed by atoms with van der Waals surface area (Å²) < 4.78 is 1.76. The molecule has 3 unspecified atom stereocenters. The number of nitrogens with zero attached hydrogens (tertiary/aromatic N) is 3. The maximum absolute atomic E-state index is 13.2. The number of hydrogen-bond acceptors (Lipinski definition) is 5.